The van der Waals surface area contributed by atoms with Gasteiger partial charge in [-0.25, -0.2) is 4.79 Å². The van der Waals surface area contributed by atoms with Crippen molar-refractivity contribution in [1.29, 1.82) is 0 Å². The van der Waals surface area contributed by atoms with Crippen LogP contribution in [0.5, 0.6) is 0 Å². The number of carbonyl (C=O) groups is 4. The average Bonchev–Trinajstić information content (AvgIpc) is 2.99. The van der Waals surface area contributed by atoms with Gasteiger partial charge in [-0.1, -0.05) is 19.9 Å². The number of nitrogens with one attached hydrogen (secondary N) is 1. The molecule has 0 spiro atoms. The van der Waals surface area contributed by atoms with Gasteiger partial charge in [-0.3, -0.25) is 19.3 Å². The lowest BCUT2D eigenvalue weighted by Crippen LogP contribution is -2.51. The van der Waals surface area contributed by atoms with Crippen molar-refractivity contribution in [2.24, 2.45) is 5.92 Å². The molecule has 4 unspecified atom stereocenters. The first-order valence-corrected chi connectivity index (χ1v) is 10.2. The number of amides is 2. The van der Waals surface area contributed by atoms with Crippen LogP contribution in [0, 0.1) is 5.92 Å². The number of ketones is 1. The topological polar surface area (TPSA) is 96.0 Å². The Bertz CT molecular complexity index is 731. The summed E-state index contributed by atoms with van der Waals surface area (Å²) in [4.78, 5) is 55.8. The maximum absolute atomic E-state index is 12.7. The Morgan fingerprint density at radius 3 is 2.41 bits per heavy atom. The van der Waals surface area contributed by atoms with E-state index in [4.69, 9.17) is 7.58 Å². The summed E-state index contributed by atoms with van der Waals surface area (Å²) in [6.45, 7) is 8.15. The fourth-order valence-corrected chi connectivity index (χ4v) is 3.56. The lowest BCUT2D eigenvalue weighted by atomic mass is 9.97. The molecule has 2 aliphatic heterocycles. The first-order valence-electron chi connectivity index (χ1n) is 11.2. The normalized spacial score (nSPS) is 26.4. The van der Waals surface area contributed by atoms with Crippen LogP contribution in [0.3, 0.4) is 0 Å². The molecule has 0 aromatic carbocycles. The highest BCUT2D eigenvalue weighted by atomic mass is 16.7. The average molecular weight is 411 g/mol. The third-order valence-electron chi connectivity index (χ3n) is 5.49. The van der Waals surface area contributed by atoms with Gasteiger partial charge in [0, 0.05) is 24.9 Å². The van der Waals surface area contributed by atoms with E-state index in [1.807, 2.05) is 13.8 Å². The van der Waals surface area contributed by atoms with Gasteiger partial charge < -0.3 is 10.2 Å². The molecular weight excluding hydrogens is 375 g/mol. The summed E-state index contributed by atoms with van der Waals surface area (Å²) in [6, 6.07) is -1.15. The maximum Gasteiger partial charge on any atom is 0.336 e. The van der Waals surface area contributed by atoms with Crippen molar-refractivity contribution < 1.29 is 26.8 Å². The monoisotopic (exact) mass is 410 g/mol. The highest BCUT2D eigenvalue weighted by molar-refractivity contribution is 5.92. The number of nitrogens with zero attached hydrogens (tertiary/aromatic N) is 2. The molecule has 2 amide bonds. The second kappa shape index (κ2) is 10.0. The maximum atomic E-state index is 12.7. The minimum absolute atomic E-state index is 0.0895. The first kappa shape index (κ1) is 20.1. The quantitative estimate of drug-likeness (QED) is 0.615. The highest BCUT2D eigenvalue weighted by Crippen LogP contribution is 2.23. The van der Waals surface area contributed by atoms with Gasteiger partial charge in [0.25, 0.3) is 5.91 Å². The van der Waals surface area contributed by atoms with Gasteiger partial charge in [0.1, 0.15) is 0 Å². The molecule has 0 bridgehead atoms. The standard InChI is InChI=1S/C21H33N3O5/c1-13(21(28)29-24-16(4)9-10-20(24)27)11-18(25)17(5)22-19(26)12-23-14(2)7-6-8-15(23)3/h13-15,17H,4,6-12H2,1-3,5H3,(H,22,26)/i12D2,22+1. The molecule has 8 nitrogen and oxygen atoms in total. The predicted octanol–water partition coefficient (Wildman–Crippen LogP) is 1.94. The molecule has 1 N–H and O–H groups in total. The molecule has 2 aliphatic rings. The van der Waals surface area contributed by atoms with Crippen LogP contribution in [0.4, 0.5) is 0 Å². The molecule has 0 radical (unpaired) electrons. The van der Waals surface area contributed by atoms with Gasteiger partial charge in [-0.15, -0.1) is 5.06 Å². The summed E-state index contributed by atoms with van der Waals surface area (Å²) in [6.07, 6.45) is 3.01. The Kier molecular flexibility index (Phi) is 6.92. The fourth-order valence-electron chi connectivity index (χ4n) is 3.56. The SMILES string of the molecule is [2H]C([2H])(C(=O)[15NH]C(C)C(=O)CC(C)C(=O)ON1C(=C)CCC1=O)N1C(C)CCCC1C. The number of hydroxylamine groups is 2. The molecule has 4 atom stereocenters. The molecule has 0 saturated carbocycles. The van der Waals surface area contributed by atoms with Gasteiger partial charge >= 0.3 is 5.97 Å². The molecule has 8 heteroatoms. The van der Waals surface area contributed by atoms with Crippen molar-refractivity contribution in [3.05, 3.63) is 12.3 Å². The Labute approximate surface area is 175 Å². The Balaban J connectivity index is 1.92. The van der Waals surface area contributed by atoms with E-state index in [-0.39, 0.29) is 30.8 Å². The summed E-state index contributed by atoms with van der Waals surface area (Å²) in [5.74, 6) is -3.24. The molecule has 29 heavy (non-hydrogen) atoms. The molecule has 2 heterocycles. The summed E-state index contributed by atoms with van der Waals surface area (Å²) < 4.78 is 16.7. The van der Waals surface area contributed by atoms with Gasteiger partial charge in [0.15, 0.2) is 5.78 Å². The molecule has 0 aromatic rings. The van der Waals surface area contributed by atoms with Crippen LogP contribution in [-0.4, -0.2) is 58.2 Å². The van der Waals surface area contributed by atoms with E-state index in [9.17, 15) is 19.2 Å². The lowest BCUT2D eigenvalue weighted by molar-refractivity contribution is -0.190. The minimum atomic E-state index is -2.26. The zero-order valence-electron chi connectivity index (χ0n) is 19.7. The van der Waals surface area contributed by atoms with Crippen molar-refractivity contribution in [2.75, 3.05) is 6.50 Å². The van der Waals surface area contributed by atoms with Gasteiger partial charge in [-0.2, -0.15) is 0 Å². The van der Waals surface area contributed by atoms with E-state index < -0.39 is 36.1 Å². The van der Waals surface area contributed by atoms with Crippen LogP contribution in [-0.2, 0) is 24.0 Å². The Morgan fingerprint density at radius 2 is 1.86 bits per heavy atom. The number of carbonyl (C=O) groups excluding carboxylic acids is 4. The smallest absolute Gasteiger partial charge is 0.336 e. The second-order valence-electron chi connectivity index (χ2n) is 8.08. The van der Waals surface area contributed by atoms with E-state index >= 15 is 0 Å². The number of rotatable bonds is 8. The van der Waals surface area contributed by atoms with Crippen LogP contribution in [0.15, 0.2) is 12.3 Å². The zero-order chi connectivity index (χ0) is 23.5. The molecular formula is C21H33N3O5. The third-order valence-corrected chi connectivity index (χ3v) is 5.49. The number of piperidine rings is 1. The van der Waals surface area contributed by atoms with Gasteiger partial charge in [-0.05, 0) is 40.0 Å². The molecule has 2 rings (SSSR count). The van der Waals surface area contributed by atoms with E-state index in [1.165, 1.54) is 13.8 Å². The van der Waals surface area contributed by atoms with E-state index in [2.05, 4.69) is 11.9 Å². The van der Waals surface area contributed by atoms with Crippen molar-refractivity contribution in [1.82, 2.24) is 15.3 Å². The van der Waals surface area contributed by atoms with Crippen LogP contribution in [0.25, 0.3) is 0 Å². The van der Waals surface area contributed by atoms with Crippen molar-refractivity contribution in [2.45, 2.75) is 84.3 Å². The fraction of sp³-hybridized carbons (Fsp3) is 0.714. The van der Waals surface area contributed by atoms with Crippen molar-refractivity contribution in [3.8, 4) is 0 Å². The van der Waals surface area contributed by atoms with Crippen LogP contribution >= 0.6 is 0 Å². The van der Waals surface area contributed by atoms with Crippen LogP contribution in [0.2, 0.25) is 0 Å². The Hall–Kier alpha value is -2.22. The zero-order valence-corrected chi connectivity index (χ0v) is 17.7. The largest absolute Gasteiger partial charge is 0.345 e. The summed E-state index contributed by atoms with van der Waals surface area (Å²) in [7, 11) is 0. The highest BCUT2D eigenvalue weighted by Gasteiger charge is 2.32. The summed E-state index contributed by atoms with van der Waals surface area (Å²) in [5.41, 5.74) is 0.390. The number of Topliss-reactive ketones (excluding diaryl/α,β-unsaturated/α-hetero) is 1. The van der Waals surface area contributed by atoms with Gasteiger partial charge in [0.05, 0.1) is 26.9 Å². The molecule has 0 aliphatic carbocycles. The number of hydrogen-bond acceptors (Lipinski definition) is 6. The van der Waals surface area contributed by atoms with Crippen molar-refractivity contribution >= 4 is 23.6 Å². The van der Waals surface area contributed by atoms with Crippen LogP contribution in [0.1, 0.15) is 69.0 Å². The summed E-state index contributed by atoms with van der Waals surface area (Å²) >= 11 is 0. The van der Waals surface area contributed by atoms with Crippen LogP contribution < -0.4 is 5.32 Å². The van der Waals surface area contributed by atoms with E-state index in [0.717, 1.165) is 24.3 Å². The summed E-state index contributed by atoms with van der Waals surface area (Å²) in [5, 5.41) is 3.32. The van der Waals surface area contributed by atoms with E-state index in [0.29, 0.717) is 12.1 Å². The first-order chi connectivity index (χ1) is 14.4. The number of likely N-dealkylation sites (tertiary alicyclic amines) is 1. The Morgan fingerprint density at radius 1 is 1.24 bits per heavy atom. The number of allylic oxidation sites excluding steroid dienone is 1. The minimum Gasteiger partial charge on any atom is -0.345 e. The molecule has 2 saturated heterocycles. The third kappa shape index (κ3) is 6.13. The predicted molar refractivity (Wildman–Crippen MR) is 107 cm³/mol. The van der Waals surface area contributed by atoms with E-state index in [1.54, 1.807) is 4.90 Å². The second-order valence-corrected chi connectivity index (χ2v) is 8.08. The molecule has 162 valence electrons. The lowest BCUT2D eigenvalue weighted by Gasteiger charge is -2.38. The molecule has 0 aromatic heterocycles. The van der Waals surface area contributed by atoms with Crippen molar-refractivity contribution in [3.63, 3.8) is 0 Å². The number of hydrogen-bond donors (Lipinski definition) is 1. The molecule has 2 fully saturated rings. The van der Waals surface area contributed by atoms with Gasteiger partial charge in [0.2, 0.25) is 5.91 Å².